The summed E-state index contributed by atoms with van der Waals surface area (Å²) in [5, 5.41) is 3.25. The van der Waals surface area contributed by atoms with E-state index in [-0.39, 0.29) is 5.82 Å². The van der Waals surface area contributed by atoms with Crippen molar-refractivity contribution in [2.24, 2.45) is 0 Å². The zero-order valence-electron chi connectivity index (χ0n) is 12.0. The number of aromatic nitrogens is 2. The molecule has 0 aliphatic rings. The number of anilines is 2. The maximum Gasteiger partial charge on any atom is 0.212 e. The smallest absolute Gasteiger partial charge is 0.212 e. The average molecular weight is 281 g/mol. The highest BCUT2D eigenvalue weighted by Crippen LogP contribution is 2.22. The topological polar surface area (TPSA) is 29.9 Å². The summed E-state index contributed by atoms with van der Waals surface area (Å²) in [6.45, 7) is 3.69. The van der Waals surface area contributed by atoms with Gasteiger partial charge in [0.15, 0.2) is 0 Å². The van der Waals surface area contributed by atoms with E-state index in [0.29, 0.717) is 11.5 Å². The predicted molar refractivity (Wildman–Crippen MR) is 82.7 cm³/mol. The zero-order valence-corrected chi connectivity index (χ0v) is 12.0. The van der Waals surface area contributed by atoms with E-state index in [1.54, 1.807) is 19.1 Å². The fourth-order valence-electron chi connectivity index (χ4n) is 2.22. The summed E-state index contributed by atoms with van der Waals surface area (Å²) in [6, 6.07) is 14.9. The van der Waals surface area contributed by atoms with Crippen molar-refractivity contribution in [3.63, 3.8) is 0 Å². The maximum absolute atomic E-state index is 13.3. The second-order valence-corrected chi connectivity index (χ2v) is 5.00. The second-order valence-electron chi connectivity index (χ2n) is 5.00. The molecule has 0 saturated carbocycles. The van der Waals surface area contributed by atoms with Gasteiger partial charge in [-0.2, -0.15) is 0 Å². The minimum atomic E-state index is -0.205. The summed E-state index contributed by atoms with van der Waals surface area (Å²) in [4.78, 5) is 4.49. The van der Waals surface area contributed by atoms with Crippen molar-refractivity contribution >= 4 is 11.6 Å². The molecule has 1 aromatic heterocycles. The first-order valence-corrected chi connectivity index (χ1v) is 6.78. The SMILES string of the molecule is Cc1cn(-c2ccccc2)c(Nc2ccc(F)c(C)c2)n1. The van der Waals surface area contributed by atoms with Crippen molar-refractivity contribution in [2.45, 2.75) is 13.8 Å². The molecule has 2 aromatic carbocycles. The quantitative estimate of drug-likeness (QED) is 0.772. The Morgan fingerprint density at radius 3 is 2.52 bits per heavy atom. The number of nitrogens with zero attached hydrogens (tertiary/aromatic N) is 2. The van der Waals surface area contributed by atoms with Crippen LogP contribution in [0.3, 0.4) is 0 Å². The van der Waals surface area contributed by atoms with Crippen LogP contribution in [-0.2, 0) is 0 Å². The van der Waals surface area contributed by atoms with Crippen molar-refractivity contribution in [2.75, 3.05) is 5.32 Å². The molecule has 1 N–H and O–H groups in total. The van der Waals surface area contributed by atoms with Crippen molar-refractivity contribution in [3.8, 4) is 5.69 Å². The number of nitrogens with one attached hydrogen (secondary N) is 1. The fourth-order valence-corrected chi connectivity index (χ4v) is 2.22. The molecule has 0 radical (unpaired) electrons. The van der Waals surface area contributed by atoms with E-state index in [0.717, 1.165) is 17.1 Å². The van der Waals surface area contributed by atoms with Crippen LogP contribution in [0.1, 0.15) is 11.3 Å². The van der Waals surface area contributed by atoms with Crippen molar-refractivity contribution in [1.82, 2.24) is 9.55 Å². The highest BCUT2D eigenvalue weighted by Gasteiger charge is 2.08. The normalized spacial score (nSPS) is 10.6. The largest absolute Gasteiger partial charge is 0.325 e. The van der Waals surface area contributed by atoms with Gasteiger partial charge in [0.25, 0.3) is 0 Å². The van der Waals surface area contributed by atoms with E-state index in [4.69, 9.17) is 0 Å². The molecule has 0 aliphatic carbocycles. The molecular weight excluding hydrogens is 265 g/mol. The van der Waals surface area contributed by atoms with Crippen molar-refractivity contribution < 1.29 is 4.39 Å². The third kappa shape index (κ3) is 2.79. The molecule has 0 spiro atoms. The Morgan fingerprint density at radius 2 is 1.81 bits per heavy atom. The molecule has 4 heteroatoms. The number of para-hydroxylation sites is 1. The third-order valence-electron chi connectivity index (χ3n) is 3.27. The molecule has 3 aromatic rings. The summed E-state index contributed by atoms with van der Waals surface area (Å²) < 4.78 is 15.3. The number of hydrogen-bond donors (Lipinski definition) is 1. The van der Waals surface area contributed by atoms with Crippen LogP contribution in [0, 0.1) is 19.7 Å². The zero-order chi connectivity index (χ0) is 14.8. The lowest BCUT2D eigenvalue weighted by Gasteiger charge is -2.10. The van der Waals surface area contributed by atoms with Gasteiger partial charge in [0, 0.05) is 17.6 Å². The van der Waals surface area contributed by atoms with E-state index in [9.17, 15) is 4.39 Å². The Hall–Kier alpha value is -2.62. The van der Waals surface area contributed by atoms with Crippen LogP contribution >= 0.6 is 0 Å². The highest BCUT2D eigenvalue weighted by molar-refractivity contribution is 5.57. The molecule has 0 saturated heterocycles. The fraction of sp³-hybridized carbons (Fsp3) is 0.118. The van der Waals surface area contributed by atoms with Gasteiger partial charge in [0.05, 0.1) is 5.69 Å². The molecule has 0 unspecified atom stereocenters. The van der Waals surface area contributed by atoms with Gasteiger partial charge in [0.2, 0.25) is 5.95 Å². The lowest BCUT2D eigenvalue weighted by atomic mass is 10.2. The Kier molecular flexibility index (Phi) is 3.44. The Balaban J connectivity index is 1.97. The van der Waals surface area contributed by atoms with Crippen LogP contribution in [0.15, 0.2) is 54.7 Å². The number of benzene rings is 2. The van der Waals surface area contributed by atoms with Crippen LogP contribution in [0.25, 0.3) is 5.69 Å². The number of imidazole rings is 1. The number of hydrogen-bond acceptors (Lipinski definition) is 2. The summed E-state index contributed by atoms with van der Waals surface area (Å²) in [7, 11) is 0. The van der Waals surface area contributed by atoms with Crippen LogP contribution in [0.2, 0.25) is 0 Å². The minimum absolute atomic E-state index is 0.205. The standard InChI is InChI=1S/C17H16FN3/c1-12-10-14(8-9-16(12)18)20-17-19-13(2)11-21(17)15-6-4-3-5-7-15/h3-11H,1-2H3,(H,19,20). The summed E-state index contributed by atoms with van der Waals surface area (Å²) in [5.74, 6) is 0.507. The summed E-state index contributed by atoms with van der Waals surface area (Å²) >= 11 is 0. The van der Waals surface area contributed by atoms with E-state index in [1.165, 1.54) is 6.07 Å². The lowest BCUT2D eigenvalue weighted by Crippen LogP contribution is -2.01. The first-order chi connectivity index (χ1) is 10.1. The third-order valence-corrected chi connectivity index (χ3v) is 3.27. The first-order valence-electron chi connectivity index (χ1n) is 6.78. The number of aryl methyl sites for hydroxylation is 2. The minimum Gasteiger partial charge on any atom is -0.325 e. The van der Waals surface area contributed by atoms with Gasteiger partial charge in [-0.25, -0.2) is 9.37 Å². The van der Waals surface area contributed by atoms with Gasteiger partial charge in [-0.05, 0) is 49.7 Å². The predicted octanol–water partition coefficient (Wildman–Crippen LogP) is 4.37. The molecule has 0 fully saturated rings. The van der Waals surface area contributed by atoms with Gasteiger partial charge in [0.1, 0.15) is 5.82 Å². The van der Waals surface area contributed by atoms with E-state index < -0.39 is 0 Å². The lowest BCUT2D eigenvalue weighted by molar-refractivity contribution is 0.619. The molecule has 3 rings (SSSR count). The van der Waals surface area contributed by atoms with Gasteiger partial charge in [-0.15, -0.1) is 0 Å². The summed E-state index contributed by atoms with van der Waals surface area (Å²) in [6.07, 6.45) is 1.97. The van der Waals surface area contributed by atoms with Gasteiger partial charge >= 0.3 is 0 Å². The highest BCUT2D eigenvalue weighted by atomic mass is 19.1. The van der Waals surface area contributed by atoms with Crippen LogP contribution in [0.5, 0.6) is 0 Å². The molecule has 3 nitrogen and oxygen atoms in total. The van der Waals surface area contributed by atoms with E-state index >= 15 is 0 Å². The Labute approximate surface area is 123 Å². The van der Waals surface area contributed by atoms with Crippen LogP contribution in [-0.4, -0.2) is 9.55 Å². The second kappa shape index (κ2) is 5.40. The van der Waals surface area contributed by atoms with Crippen LogP contribution in [0.4, 0.5) is 16.0 Å². The molecule has 21 heavy (non-hydrogen) atoms. The number of halogens is 1. The summed E-state index contributed by atoms with van der Waals surface area (Å²) in [5.41, 5.74) is 3.37. The van der Waals surface area contributed by atoms with Crippen LogP contribution < -0.4 is 5.32 Å². The Morgan fingerprint density at radius 1 is 1.05 bits per heavy atom. The molecule has 1 heterocycles. The molecule has 106 valence electrons. The van der Waals surface area contributed by atoms with E-state index in [2.05, 4.69) is 10.3 Å². The van der Waals surface area contributed by atoms with Crippen molar-refractivity contribution in [1.29, 1.82) is 0 Å². The monoisotopic (exact) mass is 281 g/mol. The molecule has 0 amide bonds. The van der Waals surface area contributed by atoms with Gasteiger partial charge in [-0.1, -0.05) is 18.2 Å². The van der Waals surface area contributed by atoms with Crippen molar-refractivity contribution in [3.05, 3.63) is 71.8 Å². The van der Waals surface area contributed by atoms with Gasteiger partial charge < -0.3 is 5.32 Å². The molecular formula is C17H16FN3. The molecule has 0 aliphatic heterocycles. The molecule has 0 bridgehead atoms. The Bertz CT molecular complexity index is 763. The van der Waals surface area contributed by atoms with E-state index in [1.807, 2.05) is 48.0 Å². The van der Waals surface area contributed by atoms with Gasteiger partial charge in [-0.3, -0.25) is 4.57 Å². The maximum atomic E-state index is 13.3. The molecule has 0 atom stereocenters. The number of rotatable bonds is 3. The average Bonchev–Trinajstić information content (AvgIpc) is 2.85. The first kappa shape index (κ1) is 13.4.